The fourth-order valence-corrected chi connectivity index (χ4v) is 2.10. The van der Waals surface area contributed by atoms with Gasteiger partial charge in [0.15, 0.2) is 18.9 Å². The summed E-state index contributed by atoms with van der Waals surface area (Å²) in [7, 11) is 0. The molecule has 2 heteroatoms. The lowest BCUT2D eigenvalue weighted by Gasteiger charge is -2.00. The third kappa shape index (κ3) is 2.23. The maximum atomic E-state index is 13.2. The lowest BCUT2D eigenvalue weighted by Crippen LogP contribution is -2.33. The molecule has 3 rings (SSSR count). The van der Waals surface area contributed by atoms with Crippen LogP contribution >= 0.6 is 0 Å². The Morgan fingerprint density at radius 1 is 0.889 bits per heavy atom. The first-order chi connectivity index (χ1) is 8.81. The smallest absolute Gasteiger partial charge is 0.177 e. The van der Waals surface area contributed by atoms with Crippen LogP contribution in [0.2, 0.25) is 0 Å². The number of rotatable bonds is 2. The Labute approximate surface area is 105 Å². The highest BCUT2D eigenvalue weighted by Crippen LogP contribution is 2.12. The number of hydrogen-bond donors (Lipinski definition) is 0. The first-order valence-electron chi connectivity index (χ1n) is 5.93. The quantitative estimate of drug-likeness (QED) is 0.603. The zero-order valence-electron chi connectivity index (χ0n) is 9.88. The van der Waals surface area contributed by atoms with Crippen LogP contribution in [0, 0.1) is 5.82 Å². The van der Waals surface area contributed by atoms with Crippen molar-refractivity contribution in [3.8, 4) is 0 Å². The molecule has 1 nitrogen and oxygen atoms in total. The second kappa shape index (κ2) is 4.57. The second-order valence-corrected chi connectivity index (χ2v) is 4.38. The van der Waals surface area contributed by atoms with E-state index < -0.39 is 0 Å². The van der Waals surface area contributed by atoms with Crippen molar-refractivity contribution in [2.24, 2.45) is 0 Å². The third-order valence-electron chi connectivity index (χ3n) is 3.01. The van der Waals surface area contributed by atoms with E-state index in [-0.39, 0.29) is 5.82 Å². The van der Waals surface area contributed by atoms with Crippen LogP contribution in [0.5, 0.6) is 0 Å². The number of hydrogen-bond acceptors (Lipinski definition) is 0. The van der Waals surface area contributed by atoms with Crippen LogP contribution in [0.3, 0.4) is 0 Å². The molecule has 0 fully saturated rings. The van der Waals surface area contributed by atoms with Gasteiger partial charge in [-0.25, -0.2) is 8.96 Å². The monoisotopic (exact) mass is 238 g/mol. The summed E-state index contributed by atoms with van der Waals surface area (Å²) in [5.41, 5.74) is 1.23. The van der Waals surface area contributed by atoms with Crippen molar-refractivity contribution in [3.05, 3.63) is 78.4 Å². The predicted molar refractivity (Wildman–Crippen MR) is 69.6 cm³/mol. The number of halogens is 1. The summed E-state index contributed by atoms with van der Waals surface area (Å²) in [4.78, 5) is 0. The van der Waals surface area contributed by atoms with Crippen LogP contribution in [0.15, 0.2) is 67.0 Å². The van der Waals surface area contributed by atoms with Crippen LogP contribution in [0.25, 0.3) is 10.8 Å². The summed E-state index contributed by atoms with van der Waals surface area (Å²) in [6, 6.07) is 17.1. The van der Waals surface area contributed by atoms with Gasteiger partial charge in [-0.15, -0.1) is 0 Å². The molecule has 2 aromatic carbocycles. The molecule has 0 N–H and O–H groups in total. The van der Waals surface area contributed by atoms with Gasteiger partial charge >= 0.3 is 0 Å². The number of nitrogens with zero attached hydrogens (tertiary/aromatic N) is 1. The molecule has 0 amide bonds. The van der Waals surface area contributed by atoms with Crippen molar-refractivity contribution < 1.29 is 8.96 Å². The molecule has 1 aromatic heterocycles. The minimum absolute atomic E-state index is 0.194. The molecule has 0 saturated carbocycles. The summed E-state index contributed by atoms with van der Waals surface area (Å²) >= 11 is 0. The van der Waals surface area contributed by atoms with Crippen molar-refractivity contribution in [2.75, 3.05) is 0 Å². The SMILES string of the molecule is Fc1ccc2cc[n+](Cc3ccccc3)cc2c1. The van der Waals surface area contributed by atoms with Gasteiger partial charge in [0.25, 0.3) is 0 Å². The van der Waals surface area contributed by atoms with E-state index in [1.54, 1.807) is 12.1 Å². The molecule has 1 heterocycles. The Hall–Kier alpha value is -2.22. The van der Waals surface area contributed by atoms with Crippen LogP contribution in [-0.2, 0) is 6.54 Å². The lowest BCUT2D eigenvalue weighted by atomic mass is 10.1. The Bertz CT molecular complexity index is 677. The van der Waals surface area contributed by atoms with E-state index in [1.165, 1.54) is 11.6 Å². The van der Waals surface area contributed by atoms with E-state index in [2.05, 4.69) is 16.7 Å². The highest BCUT2D eigenvalue weighted by Gasteiger charge is 2.05. The van der Waals surface area contributed by atoms with Crippen LogP contribution < -0.4 is 4.57 Å². The summed E-state index contributed by atoms with van der Waals surface area (Å²) < 4.78 is 15.3. The summed E-state index contributed by atoms with van der Waals surface area (Å²) in [6.07, 6.45) is 4.00. The van der Waals surface area contributed by atoms with Gasteiger partial charge in [0, 0.05) is 17.0 Å². The molecular formula is C16H13FN+. The highest BCUT2D eigenvalue weighted by molar-refractivity contribution is 5.80. The Morgan fingerprint density at radius 2 is 1.72 bits per heavy atom. The van der Waals surface area contributed by atoms with Gasteiger partial charge in [0.05, 0.1) is 0 Å². The zero-order chi connectivity index (χ0) is 12.4. The van der Waals surface area contributed by atoms with Gasteiger partial charge < -0.3 is 0 Å². The molecule has 0 atom stereocenters. The van der Waals surface area contributed by atoms with E-state index in [4.69, 9.17) is 0 Å². The molecule has 3 aromatic rings. The minimum Gasteiger partial charge on any atom is -0.207 e. The number of pyridine rings is 1. The lowest BCUT2D eigenvalue weighted by molar-refractivity contribution is -0.687. The standard InChI is InChI=1S/C16H13FN/c17-16-7-6-14-8-9-18(12-15(14)10-16)11-13-4-2-1-3-5-13/h1-10,12H,11H2/q+1. The van der Waals surface area contributed by atoms with Gasteiger partial charge in [-0.1, -0.05) is 36.4 Å². The van der Waals surface area contributed by atoms with Crippen molar-refractivity contribution in [1.82, 2.24) is 0 Å². The number of fused-ring (bicyclic) bond motifs is 1. The number of benzene rings is 2. The topological polar surface area (TPSA) is 3.88 Å². The Kier molecular flexibility index (Phi) is 2.77. The largest absolute Gasteiger partial charge is 0.207 e. The summed E-state index contributed by atoms with van der Waals surface area (Å²) in [5, 5.41) is 1.98. The van der Waals surface area contributed by atoms with E-state index in [1.807, 2.05) is 36.7 Å². The molecule has 0 bridgehead atoms. The van der Waals surface area contributed by atoms with E-state index >= 15 is 0 Å². The molecule has 18 heavy (non-hydrogen) atoms. The van der Waals surface area contributed by atoms with Crippen LogP contribution in [-0.4, -0.2) is 0 Å². The average Bonchev–Trinajstić information content (AvgIpc) is 2.39. The van der Waals surface area contributed by atoms with Crippen LogP contribution in [0.4, 0.5) is 4.39 Å². The molecule has 0 aliphatic rings. The molecule has 0 unspecified atom stereocenters. The van der Waals surface area contributed by atoms with Crippen molar-refractivity contribution in [1.29, 1.82) is 0 Å². The van der Waals surface area contributed by atoms with Gasteiger partial charge in [0.1, 0.15) is 5.82 Å². The number of aromatic nitrogens is 1. The third-order valence-corrected chi connectivity index (χ3v) is 3.01. The van der Waals surface area contributed by atoms with E-state index in [0.717, 1.165) is 17.3 Å². The molecule has 0 aliphatic carbocycles. The predicted octanol–water partition coefficient (Wildman–Crippen LogP) is 3.31. The van der Waals surface area contributed by atoms with Crippen molar-refractivity contribution in [3.63, 3.8) is 0 Å². The molecule has 0 saturated heterocycles. The van der Waals surface area contributed by atoms with Gasteiger partial charge in [-0.05, 0) is 17.5 Å². The second-order valence-electron chi connectivity index (χ2n) is 4.38. The molecule has 0 spiro atoms. The maximum absolute atomic E-state index is 13.2. The van der Waals surface area contributed by atoms with Crippen LogP contribution in [0.1, 0.15) is 5.56 Å². The average molecular weight is 238 g/mol. The first kappa shape index (κ1) is 10.9. The summed E-state index contributed by atoms with van der Waals surface area (Å²) in [5.74, 6) is -0.194. The van der Waals surface area contributed by atoms with Crippen molar-refractivity contribution >= 4 is 10.8 Å². The minimum atomic E-state index is -0.194. The van der Waals surface area contributed by atoms with E-state index in [9.17, 15) is 4.39 Å². The van der Waals surface area contributed by atoms with Gasteiger partial charge in [-0.2, -0.15) is 0 Å². The summed E-state index contributed by atoms with van der Waals surface area (Å²) in [6.45, 7) is 0.799. The van der Waals surface area contributed by atoms with Crippen molar-refractivity contribution in [2.45, 2.75) is 6.54 Å². The zero-order valence-corrected chi connectivity index (χ0v) is 9.88. The highest BCUT2D eigenvalue weighted by atomic mass is 19.1. The normalized spacial score (nSPS) is 10.7. The fourth-order valence-electron chi connectivity index (χ4n) is 2.10. The molecule has 88 valence electrons. The Morgan fingerprint density at radius 3 is 2.56 bits per heavy atom. The van der Waals surface area contributed by atoms with Gasteiger partial charge in [-0.3, -0.25) is 0 Å². The molecule has 0 aliphatic heterocycles. The Balaban J connectivity index is 1.98. The van der Waals surface area contributed by atoms with Gasteiger partial charge in [0.2, 0.25) is 0 Å². The molecular weight excluding hydrogens is 225 g/mol. The maximum Gasteiger partial charge on any atom is 0.177 e. The first-order valence-corrected chi connectivity index (χ1v) is 5.93. The van der Waals surface area contributed by atoms with E-state index in [0.29, 0.717) is 0 Å². The fraction of sp³-hybridized carbons (Fsp3) is 0.0625. The molecule has 0 radical (unpaired) electrons.